The van der Waals surface area contributed by atoms with E-state index in [2.05, 4.69) is 15.4 Å². The maximum atomic E-state index is 13.0. The highest BCUT2D eigenvalue weighted by atomic mass is 35.5. The smallest absolute Gasteiger partial charge is 0.325 e. The SMILES string of the molecule is COC(=O)CNc1ccc(C=C2Sc3ccc(S(=O)(=O)Cc4c(Cl)cccc4Cl)cc3NC2=O)cc1. The Balaban J connectivity index is 1.51. The molecule has 3 aromatic rings. The van der Waals surface area contributed by atoms with E-state index in [1.807, 2.05) is 12.1 Å². The third kappa shape index (κ3) is 6.04. The summed E-state index contributed by atoms with van der Waals surface area (Å²) in [6, 6.07) is 16.6. The normalized spacial score (nSPS) is 14.2. The molecule has 0 fully saturated rings. The van der Waals surface area contributed by atoms with Crippen LogP contribution in [0.2, 0.25) is 10.0 Å². The Bertz CT molecular complexity index is 1450. The molecule has 2 N–H and O–H groups in total. The number of anilines is 2. The van der Waals surface area contributed by atoms with Crippen LogP contribution in [0.25, 0.3) is 6.08 Å². The van der Waals surface area contributed by atoms with E-state index in [1.54, 1.807) is 42.5 Å². The topological polar surface area (TPSA) is 102 Å². The molecule has 1 amide bonds. The second-order valence-electron chi connectivity index (χ2n) is 7.73. The molecule has 7 nitrogen and oxygen atoms in total. The van der Waals surface area contributed by atoms with Gasteiger partial charge in [0.2, 0.25) is 0 Å². The van der Waals surface area contributed by atoms with Crippen LogP contribution in [0.15, 0.2) is 75.4 Å². The lowest BCUT2D eigenvalue weighted by atomic mass is 10.2. The van der Waals surface area contributed by atoms with Gasteiger partial charge >= 0.3 is 5.97 Å². The number of sulfone groups is 1. The van der Waals surface area contributed by atoms with Crippen molar-refractivity contribution in [2.75, 3.05) is 24.3 Å². The van der Waals surface area contributed by atoms with Gasteiger partial charge in [-0.1, -0.05) is 53.2 Å². The second-order valence-corrected chi connectivity index (χ2v) is 11.6. The van der Waals surface area contributed by atoms with Crippen LogP contribution in [0.1, 0.15) is 11.1 Å². The Labute approximate surface area is 222 Å². The molecule has 186 valence electrons. The van der Waals surface area contributed by atoms with Crippen molar-refractivity contribution in [3.63, 3.8) is 0 Å². The summed E-state index contributed by atoms with van der Waals surface area (Å²) in [6.07, 6.45) is 1.73. The molecule has 1 aliphatic heterocycles. The predicted octanol–water partition coefficient (Wildman–Crippen LogP) is 5.64. The van der Waals surface area contributed by atoms with Crippen molar-refractivity contribution in [1.29, 1.82) is 0 Å². The molecule has 4 rings (SSSR count). The van der Waals surface area contributed by atoms with E-state index >= 15 is 0 Å². The number of carbonyl (C=O) groups excluding carboxylic acids is 2. The molecule has 0 spiro atoms. The van der Waals surface area contributed by atoms with Crippen molar-refractivity contribution >= 4 is 74.1 Å². The van der Waals surface area contributed by atoms with E-state index in [0.29, 0.717) is 21.1 Å². The Morgan fingerprint density at radius 2 is 1.78 bits per heavy atom. The molecule has 1 heterocycles. The Morgan fingerprint density at radius 3 is 2.44 bits per heavy atom. The molecule has 36 heavy (non-hydrogen) atoms. The van der Waals surface area contributed by atoms with Crippen molar-refractivity contribution in [2.24, 2.45) is 0 Å². The lowest BCUT2D eigenvalue weighted by molar-refractivity contribution is -0.138. The highest BCUT2D eigenvalue weighted by Gasteiger charge is 2.25. The van der Waals surface area contributed by atoms with Crippen LogP contribution in [0.3, 0.4) is 0 Å². The molecule has 0 bridgehead atoms. The quantitative estimate of drug-likeness (QED) is 0.284. The van der Waals surface area contributed by atoms with Gasteiger partial charge in [-0.2, -0.15) is 0 Å². The summed E-state index contributed by atoms with van der Waals surface area (Å²) in [6.45, 7) is 0.0507. The van der Waals surface area contributed by atoms with Gasteiger partial charge in [0, 0.05) is 26.2 Å². The van der Waals surface area contributed by atoms with Crippen molar-refractivity contribution in [3.8, 4) is 0 Å². The number of rotatable bonds is 7. The van der Waals surface area contributed by atoms with Gasteiger partial charge in [0.25, 0.3) is 5.91 Å². The standard InChI is InChI=1S/C25H20Cl2N2O5S2/c1-34-24(30)13-28-16-7-5-15(6-8-16)11-23-25(31)29-21-12-17(9-10-22(21)35-23)36(32,33)14-18-19(26)3-2-4-20(18)27/h2-12,28H,13-14H2,1H3,(H,29,31). The number of hydrogen-bond acceptors (Lipinski definition) is 7. The Hall–Kier alpha value is -2.98. The van der Waals surface area contributed by atoms with E-state index in [9.17, 15) is 18.0 Å². The maximum absolute atomic E-state index is 13.0. The largest absolute Gasteiger partial charge is 0.468 e. The van der Waals surface area contributed by atoms with Crippen LogP contribution in [0.4, 0.5) is 11.4 Å². The van der Waals surface area contributed by atoms with Crippen LogP contribution in [-0.4, -0.2) is 33.9 Å². The average molecular weight is 563 g/mol. The van der Waals surface area contributed by atoms with Gasteiger partial charge in [0.05, 0.1) is 28.4 Å². The Morgan fingerprint density at radius 1 is 1.08 bits per heavy atom. The van der Waals surface area contributed by atoms with E-state index < -0.39 is 9.84 Å². The minimum absolute atomic E-state index is 0.0507. The van der Waals surface area contributed by atoms with Crippen molar-refractivity contribution in [1.82, 2.24) is 0 Å². The Kier molecular flexibility index (Phi) is 7.94. The number of halogens is 2. The van der Waals surface area contributed by atoms with Gasteiger partial charge < -0.3 is 15.4 Å². The maximum Gasteiger partial charge on any atom is 0.325 e. The first kappa shape index (κ1) is 26.1. The third-order valence-electron chi connectivity index (χ3n) is 5.27. The molecule has 0 atom stereocenters. The van der Waals surface area contributed by atoms with Gasteiger partial charge in [-0.3, -0.25) is 9.59 Å². The van der Waals surface area contributed by atoms with E-state index in [1.165, 1.54) is 31.0 Å². The minimum atomic E-state index is -3.77. The van der Waals surface area contributed by atoms with E-state index in [4.69, 9.17) is 23.2 Å². The summed E-state index contributed by atoms with van der Waals surface area (Å²) >= 11 is 13.5. The third-order valence-corrected chi connectivity index (χ3v) is 8.72. The average Bonchev–Trinajstić information content (AvgIpc) is 2.86. The highest BCUT2D eigenvalue weighted by Crippen LogP contribution is 2.40. The first-order chi connectivity index (χ1) is 17.2. The van der Waals surface area contributed by atoms with Crippen LogP contribution in [-0.2, 0) is 29.9 Å². The number of fused-ring (bicyclic) bond motifs is 1. The molecule has 3 aromatic carbocycles. The van der Waals surface area contributed by atoms with Crippen molar-refractivity contribution in [2.45, 2.75) is 15.5 Å². The monoisotopic (exact) mass is 562 g/mol. The number of nitrogens with one attached hydrogen (secondary N) is 2. The molecule has 0 unspecified atom stereocenters. The minimum Gasteiger partial charge on any atom is -0.468 e. The zero-order chi connectivity index (χ0) is 25.9. The van der Waals surface area contributed by atoms with Crippen LogP contribution in [0, 0.1) is 0 Å². The summed E-state index contributed by atoms with van der Waals surface area (Å²) < 4.78 is 30.7. The van der Waals surface area contributed by atoms with E-state index in [-0.39, 0.29) is 39.1 Å². The van der Waals surface area contributed by atoms with Crippen molar-refractivity contribution < 1.29 is 22.7 Å². The zero-order valence-corrected chi connectivity index (χ0v) is 22.0. The molecule has 11 heteroatoms. The molecular formula is C25H20Cl2N2O5S2. The number of benzene rings is 3. The fourth-order valence-electron chi connectivity index (χ4n) is 3.37. The first-order valence-electron chi connectivity index (χ1n) is 10.6. The zero-order valence-electron chi connectivity index (χ0n) is 18.9. The van der Waals surface area contributed by atoms with E-state index in [0.717, 1.165) is 11.3 Å². The van der Waals surface area contributed by atoms with Crippen LogP contribution in [0.5, 0.6) is 0 Å². The lowest BCUT2D eigenvalue weighted by Crippen LogP contribution is -2.18. The number of esters is 1. The molecule has 0 aliphatic carbocycles. The van der Waals surface area contributed by atoms with Gasteiger partial charge in [-0.25, -0.2) is 8.42 Å². The second kappa shape index (κ2) is 11.0. The molecule has 1 aliphatic rings. The van der Waals surface area contributed by atoms with Crippen LogP contribution >= 0.6 is 35.0 Å². The van der Waals surface area contributed by atoms with Gasteiger partial charge in [-0.05, 0) is 54.1 Å². The van der Waals surface area contributed by atoms with Crippen molar-refractivity contribution in [3.05, 3.63) is 86.7 Å². The number of ether oxygens (including phenoxy) is 1. The van der Waals surface area contributed by atoms with Gasteiger partial charge in [0.15, 0.2) is 9.84 Å². The molecule has 0 radical (unpaired) electrons. The number of methoxy groups -OCH3 is 1. The lowest BCUT2D eigenvalue weighted by Gasteiger charge is -2.19. The number of thioether (sulfide) groups is 1. The molecule has 0 aromatic heterocycles. The summed E-state index contributed by atoms with van der Waals surface area (Å²) in [7, 11) is -2.45. The summed E-state index contributed by atoms with van der Waals surface area (Å²) in [4.78, 5) is 25.2. The van der Waals surface area contributed by atoms with Gasteiger partial charge in [0.1, 0.15) is 6.54 Å². The number of hydrogen-bond donors (Lipinski definition) is 2. The molecule has 0 saturated carbocycles. The van der Waals surface area contributed by atoms with Crippen LogP contribution < -0.4 is 10.6 Å². The molecular weight excluding hydrogens is 543 g/mol. The molecule has 0 saturated heterocycles. The fraction of sp³-hybridized carbons (Fsp3) is 0.120. The summed E-state index contributed by atoms with van der Waals surface area (Å²) in [5, 5.41) is 6.26. The summed E-state index contributed by atoms with van der Waals surface area (Å²) in [5.41, 5.74) is 2.26. The number of amides is 1. The van der Waals surface area contributed by atoms with Gasteiger partial charge in [-0.15, -0.1) is 0 Å². The highest BCUT2D eigenvalue weighted by molar-refractivity contribution is 8.04. The summed E-state index contributed by atoms with van der Waals surface area (Å²) in [5.74, 6) is -1.08. The first-order valence-corrected chi connectivity index (χ1v) is 13.8. The number of carbonyl (C=O) groups is 2. The fourth-order valence-corrected chi connectivity index (χ4v) is 6.42. The predicted molar refractivity (Wildman–Crippen MR) is 143 cm³/mol.